The third-order valence-electron chi connectivity index (χ3n) is 2.77. The highest BCUT2D eigenvalue weighted by Gasteiger charge is 2.16. The van der Waals surface area contributed by atoms with E-state index >= 15 is 0 Å². The van der Waals surface area contributed by atoms with Crippen LogP contribution in [0.3, 0.4) is 0 Å². The Morgan fingerprint density at radius 3 is 3.31 bits per heavy atom. The van der Waals surface area contributed by atoms with Crippen molar-refractivity contribution in [2.75, 3.05) is 26.3 Å². The fraction of sp³-hybridized carbons (Fsp3) is 0.583. The van der Waals surface area contributed by atoms with Crippen LogP contribution in [-0.2, 0) is 11.3 Å². The van der Waals surface area contributed by atoms with Gasteiger partial charge >= 0.3 is 0 Å². The molecule has 0 aliphatic carbocycles. The van der Waals surface area contributed by atoms with Crippen LogP contribution in [0.5, 0.6) is 0 Å². The van der Waals surface area contributed by atoms with E-state index in [-0.39, 0.29) is 5.82 Å². The molecule has 0 radical (unpaired) electrons. The monoisotopic (exact) mass is 224 g/mol. The predicted molar refractivity (Wildman–Crippen MR) is 59.5 cm³/mol. The molecule has 1 saturated heterocycles. The Balaban J connectivity index is 2.00. The molecule has 0 aromatic carbocycles. The van der Waals surface area contributed by atoms with Crippen LogP contribution in [0, 0.1) is 11.7 Å². The van der Waals surface area contributed by atoms with E-state index in [4.69, 9.17) is 4.74 Å². The van der Waals surface area contributed by atoms with Gasteiger partial charge in [-0.25, -0.2) is 4.39 Å². The fourth-order valence-corrected chi connectivity index (χ4v) is 1.98. The number of hydrogen-bond donors (Lipinski definition) is 0. The van der Waals surface area contributed by atoms with Gasteiger partial charge in [0.1, 0.15) is 5.82 Å². The van der Waals surface area contributed by atoms with Crippen LogP contribution in [0.25, 0.3) is 0 Å². The molecule has 1 aromatic heterocycles. The smallest absolute Gasteiger partial charge is 0.145 e. The maximum Gasteiger partial charge on any atom is 0.145 e. The lowest BCUT2D eigenvalue weighted by atomic mass is 10.1. The number of nitrogens with zero attached hydrogens (tertiary/aromatic N) is 2. The molecule has 1 atom stereocenters. The summed E-state index contributed by atoms with van der Waals surface area (Å²) in [5.74, 6) is 0.285. The third-order valence-corrected chi connectivity index (χ3v) is 2.77. The van der Waals surface area contributed by atoms with Crippen LogP contribution in [0.15, 0.2) is 18.5 Å². The highest BCUT2D eigenvalue weighted by Crippen LogP contribution is 2.12. The van der Waals surface area contributed by atoms with E-state index in [2.05, 4.69) is 16.8 Å². The molecule has 0 amide bonds. The van der Waals surface area contributed by atoms with Gasteiger partial charge in [-0.1, -0.05) is 6.92 Å². The zero-order chi connectivity index (χ0) is 11.4. The van der Waals surface area contributed by atoms with Crippen LogP contribution in [0.1, 0.15) is 12.5 Å². The lowest BCUT2D eigenvalue weighted by molar-refractivity contribution is 0.125. The molecule has 1 fully saturated rings. The van der Waals surface area contributed by atoms with Gasteiger partial charge in [0.2, 0.25) is 0 Å². The Morgan fingerprint density at radius 2 is 2.50 bits per heavy atom. The minimum Gasteiger partial charge on any atom is -0.380 e. The van der Waals surface area contributed by atoms with Gasteiger partial charge in [-0.15, -0.1) is 0 Å². The van der Waals surface area contributed by atoms with Crippen LogP contribution < -0.4 is 0 Å². The number of halogens is 1. The summed E-state index contributed by atoms with van der Waals surface area (Å²) in [6, 6.07) is 1.74. The summed E-state index contributed by atoms with van der Waals surface area (Å²) < 4.78 is 18.9. The Bertz CT molecular complexity index is 346. The van der Waals surface area contributed by atoms with Crippen molar-refractivity contribution >= 4 is 0 Å². The van der Waals surface area contributed by atoms with Crippen molar-refractivity contribution in [1.29, 1.82) is 0 Å². The Hall–Kier alpha value is -1.00. The summed E-state index contributed by atoms with van der Waals surface area (Å²) >= 11 is 0. The second-order valence-corrected chi connectivity index (χ2v) is 4.38. The van der Waals surface area contributed by atoms with E-state index in [9.17, 15) is 4.39 Å². The zero-order valence-corrected chi connectivity index (χ0v) is 9.53. The largest absolute Gasteiger partial charge is 0.380 e. The third kappa shape index (κ3) is 3.00. The summed E-state index contributed by atoms with van der Waals surface area (Å²) in [4.78, 5) is 5.99. The minimum atomic E-state index is -0.222. The number of pyridine rings is 1. The SMILES string of the molecule is C[C@@H]1COCCN(Cc2ccncc2F)C1. The van der Waals surface area contributed by atoms with Gasteiger partial charge in [0, 0.05) is 31.4 Å². The zero-order valence-electron chi connectivity index (χ0n) is 9.53. The van der Waals surface area contributed by atoms with Crippen LogP contribution in [0.4, 0.5) is 4.39 Å². The minimum absolute atomic E-state index is 0.222. The molecule has 1 aliphatic rings. The molecule has 1 aliphatic heterocycles. The van der Waals surface area contributed by atoms with E-state index in [0.29, 0.717) is 18.0 Å². The van der Waals surface area contributed by atoms with Gasteiger partial charge in [-0.2, -0.15) is 0 Å². The van der Waals surface area contributed by atoms with Gasteiger partial charge in [0.15, 0.2) is 0 Å². The predicted octanol–water partition coefficient (Wildman–Crippen LogP) is 1.69. The van der Waals surface area contributed by atoms with E-state index < -0.39 is 0 Å². The van der Waals surface area contributed by atoms with Crippen molar-refractivity contribution in [2.45, 2.75) is 13.5 Å². The molecule has 0 bridgehead atoms. The number of hydrogen-bond acceptors (Lipinski definition) is 3. The van der Waals surface area contributed by atoms with Crippen molar-refractivity contribution < 1.29 is 9.13 Å². The average Bonchev–Trinajstić information content (AvgIpc) is 2.46. The molecule has 0 unspecified atom stereocenters. The Morgan fingerprint density at radius 1 is 1.62 bits per heavy atom. The topological polar surface area (TPSA) is 25.4 Å². The van der Waals surface area contributed by atoms with Gasteiger partial charge in [0.25, 0.3) is 0 Å². The molecule has 3 nitrogen and oxygen atoms in total. The summed E-state index contributed by atoms with van der Waals surface area (Å²) in [7, 11) is 0. The summed E-state index contributed by atoms with van der Waals surface area (Å²) in [6.07, 6.45) is 2.91. The molecule has 2 rings (SSSR count). The van der Waals surface area contributed by atoms with Crippen molar-refractivity contribution in [3.8, 4) is 0 Å². The van der Waals surface area contributed by atoms with Crippen LogP contribution >= 0.6 is 0 Å². The number of ether oxygens (including phenoxy) is 1. The number of rotatable bonds is 2. The van der Waals surface area contributed by atoms with Crippen molar-refractivity contribution in [2.24, 2.45) is 5.92 Å². The molecular formula is C12H17FN2O. The highest BCUT2D eigenvalue weighted by molar-refractivity contribution is 5.12. The molecule has 0 N–H and O–H groups in total. The lowest BCUT2D eigenvalue weighted by Crippen LogP contribution is -2.29. The van der Waals surface area contributed by atoms with Gasteiger partial charge in [0.05, 0.1) is 19.4 Å². The van der Waals surface area contributed by atoms with Gasteiger partial charge in [-0.05, 0) is 12.0 Å². The molecule has 4 heteroatoms. The van der Waals surface area contributed by atoms with Gasteiger partial charge in [-0.3, -0.25) is 9.88 Å². The molecule has 2 heterocycles. The summed E-state index contributed by atoms with van der Waals surface area (Å²) in [6.45, 7) is 6.16. The molecule has 0 saturated carbocycles. The first-order valence-electron chi connectivity index (χ1n) is 5.64. The fourth-order valence-electron chi connectivity index (χ4n) is 1.98. The lowest BCUT2D eigenvalue weighted by Gasteiger charge is -2.21. The van der Waals surface area contributed by atoms with E-state index in [1.54, 1.807) is 12.3 Å². The Labute approximate surface area is 95.2 Å². The maximum absolute atomic E-state index is 13.4. The van der Waals surface area contributed by atoms with Crippen molar-refractivity contribution in [3.05, 3.63) is 29.8 Å². The molecule has 88 valence electrons. The van der Waals surface area contributed by atoms with E-state index in [1.807, 2.05) is 0 Å². The average molecular weight is 224 g/mol. The highest BCUT2D eigenvalue weighted by atomic mass is 19.1. The normalized spacial score (nSPS) is 23.0. The molecule has 0 spiro atoms. The van der Waals surface area contributed by atoms with Crippen molar-refractivity contribution in [3.63, 3.8) is 0 Å². The first-order chi connectivity index (χ1) is 7.75. The van der Waals surface area contributed by atoms with Crippen LogP contribution in [-0.4, -0.2) is 36.2 Å². The maximum atomic E-state index is 13.4. The first-order valence-corrected chi connectivity index (χ1v) is 5.64. The number of aromatic nitrogens is 1. The second-order valence-electron chi connectivity index (χ2n) is 4.38. The summed E-state index contributed by atoms with van der Waals surface area (Å²) in [5.41, 5.74) is 0.712. The van der Waals surface area contributed by atoms with Gasteiger partial charge < -0.3 is 4.74 Å². The van der Waals surface area contributed by atoms with E-state index in [0.717, 1.165) is 26.3 Å². The Kier molecular flexibility index (Phi) is 3.85. The molecule has 16 heavy (non-hydrogen) atoms. The first kappa shape index (κ1) is 11.5. The van der Waals surface area contributed by atoms with Crippen LogP contribution in [0.2, 0.25) is 0 Å². The summed E-state index contributed by atoms with van der Waals surface area (Å²) in [5, 5.41) is 0. The molecule has 1 aromatic rings. The molecular weight excluding hydrogens is 207 g/mol. The van der Waals surface area contributed by atoms with Crippen molar-refractivity contribution in [1.82, 2.24) is 9.88 Å². The van der Waals surface area contributed by atoms with E-state index in [1.165, 1.54) is 6.20 Å². The standard InChI is InChI=1S/C12H17FN2O/c1-10-7-15(4-5-16-9-10)8-11-2-3-14-6-12(11)13/h2-3,6,10H,4-5,7-9H2,1H3/t10-/m0/s1. The quantitative estimate of drug-likeness (QED) is 0.764. The second kappa shape index (κ2) is 5.37.